The quantitative estimate of drug-likeness (QED) is 0.784. The van der Waals surface area contributed by atoms with E-state index in [1.165, 1.54) is 18.4 Å². The van der Waals surface area contributed by atoms with Gasteiger partial charge in [-0.15, -0.1) is 23.7 Å². The van der Waals surface area contributed by atoms with Crippen LogP contribution in [-0.2, 0) is 4.74 Å². The molecule has 0 unspecified atom stereocenters. The molecule has 2 N–H and O–H groups in total. The van der Waals surface area contributed by atoms with Gasteiger partial charge >= 0.3 is 5.97 Å². The Bertz CT molecular complexity index is 495. The van der Waals surface area contributed by atoms with Crippen molar-refractivity contribution in [3.8, 4) is 0 Å². The van der Waals surface area contributed by atoms with Gasteiger partial charge in [0, 0.05) is 10.1 Å². The highest BCUT2D eigenvalue weighted by atomic mass is 35.5. The predicted octanol–water partition coefficient (Wildman–Crippen LogP) is 2.69. The van der Waals surface area contributed by atoms with E-state index in [0.29, 0.717) is 10.6 Å². The second-order valence-corrected chi connectivity index (χ2v) is 3.88. The molecule has 2 aromatic rings. The zero-order valence-corrected chi connectivity index (χ0v) is 9.65. The van der Waals surface area contributed by atoms with E-state index in [0.717, 1.165) is 10.1 Å². The minimum Gasteiger partial charge on any atom is -0.465 e. The molecule has 1 aromatic heterocycles. The van der Waals surface area contributed by atoms with E-state index in [4.69, 9.17) is 5.73 Å². The highest BCUT2D eigenvalue weighted by Crippen LogP contribution is 2.33. The number of fused-ring (bicyclic) bond motifs is 1. The van der Waals surface area contributed by atoms with Gasteiger partial charge in [0.1, 0.15) is 4.88 Å². The number of methoxy groups -OCH3 is 1. The van der Waals surface area contributed by atoms with Crippen molar-refractivity contribution in [3.63, 3.8) is 0 Å². The van der Waals surface area contributed by atoms with E-state index in [-0.39, 0.29) is 18.4 Å². The van der Waals surface area contributed by atoms with Crippen LogP contribution in [0.4, 0.5) is 5.69 Å². The standard InChI is InChI=1S/C10H9NO2S.ClH/c1-13-10(12)9-8(11)6-4-2-3-5-7(6)14-9;/h2-5H,11H2,1H3;1H. The van der Waals surface area contributed by atoms with Crippen LogP contribution >= 0.6 is 23.7 Å². The molecule has 0 aliphatic rings. The maximum atomic E-state index is 11.3. The highest BCUT2D eigenvalue weighted by Gasteiger charge is 2.15. The lowest BCUT2D eigenvalue weighted by molar-refractivity contribution is 0.0607. The maximum Gasteiger partial charge on any atom is 0.350 e. The first-order valence-electron chi connectivity index (χ1n) is 4.09. The zero-order chi connectivity index (χ0) is 10.1. The Hall–Kier alpha value is -1.26. The van der Waals surface area contributed by atoms with Gasteiger partial charge in [-0.3, -0.25) is 0 Å². The van der Waals surface area contributed by atoms with Crippen LogP contribution in [-0.4, -0.2) is 13.1 Å². The van der Waals surface area contributed by atoms with Crippen molar-refractivity contribution in [2.45, 2.75) is 0 Å². The number of anilines is 1. The summed E-state index contributed by atoms with van der Waals surface area (Å²) in [5.41, 5.74) is 6.34. The van der Waals surface area contributed by atoms with Crippen molar-refractivity contribution in [3.05, 3.63) is 29.1 Å². The number of thiophene rings is 1. The van der Waals surface area contributed by atoms with Crippen LogP contribution in [0, 0.1) is 0 Å². The monoisotopic (exact) mass is 243 g/mol. The molecule has 3 nitrogen and oxygen atoms in total. The topological polar surface area (TPSA) is 52.3 Å². The van der Waals surface area contributed by atoms with Crippen molar-refractivity contribution in [2.24, 2.45) is 0 Å². The number of nitrogen functional groups attached to an aromatic ring is 1. The van der Waals surface area contributed by atoms with E-state index in [1.807, 2.05) is 24.3 Å². The van der Waals surface area contributed by atoms with Crippen LogP contribution in [0.5, 0.6) is 0 Å². The van der Waals surface area contributed by atoms with E-state index < -0.39 is 0 Å². The van der Waals surface area contributed by atoms with Crippen LogP contribution in [0.3, 0.4) is 0 Å². The summed E-state index contributed by atoms with van der Waals surface area (Å²) < 4.78 is 5.64. The van der Waals surface area contributed by atoms with Crippen LogP contribution < -0.4 is 5.73 Å². The minimum atomic E-state index is -0.372. The second-order valence-electron chi connectivity index (χ2n) is 2.83. The fourth-order valence-electron chi connectivity index (χ4n) is 1.31. The molecule has 0 spiro atoms. The van der Waals surface area contributed by atoms with Crippen molar-refractivity contribution < 1.29 is 9.53 Å². The Balaban J connectivity index is 0.00000112. The first-order valence-corrected chi connectivity index (χ1v) is 4.91. The molecule has 0 fully saturated rings. The Morgan fingerprint density at radius 1 is 1.40 bits per heavy atom. The smallest absolute Gasteiger partial charge is 0.350 e. The zero-order valence-electron chi connectivity index (χ0n) is 8.02. The van der Waals surface area contributed by atoms with Gasteiger partial charge in [-0.05, 0) is 6.07 Å². The molecule has 1 heterocycles. The molecule has 80 valence electrons. The van der Waals surface area contributed by atoms with Gasteiger partial charge in [0.05, 0.1) is 12.8 Å². The lowest BCUT2D eigenvalue weighted by Crippen LogP contribution is -2.01. The predicted molar refractivity (Wildman–Crippen MR) is 64.8 cm³/mol. The fraction of sp³-hybridized carbons (Fsp3) is 0.100. The Labute approximate surface area is 97.3 Å². The first-order chi connectivity index (χ1) is 6.74. The number of carbonyl (C=O) groups excluding carboxylic acids is 1. The number of hydrogen-bond acceptors (Lipinski definition) is 4. The number of carbonyl (C=O) groups is 1. The third kappa shape index (κ3) is 1.91. The van der Waals surface area contributed by atoms with Gasteiger partial charge < -0.3 is 10.5 Å². The Morgan fingerprint density at radius 2 is 2.07 bits per heavy atom. The largest absolute Gasteiger partial charge is 0.465 e. The summed E-state index contributed by atoms with van der Waals surface area (Å²) in [5.74, 6) is -0.372. The molecule has 5 heteroatoms. The van der Waals surface area contributed by atoms with Crippen molar-refractivity contribution in [1.29, 1.82) is 0 Å². The van der Waals surface area contributed by atoms with Gasteiger partial charge in [-0.25, -0.2) is 4.79 Å². The van der Waals surface area contributed by atoms with E-state index in [9.17, 15) is 4.79 Å². The van der Waals surface area contributed by atoms with Gasteiger partial charge in [0.25, 0.3) is 0 Å². The lowest BCUT2D eigenvalue weighted by atomic mass is 10.2. The number of ether oxygens (including phenoxy) is 1. The molecule has 0 saturated heterocycles. The van der Waals surface area contributed by atoms with E-state index in [1.54, 1.807) is 0 Å². The van der Waals surface area contributed by atoms with Crippen LogP contribution in [0.2, 0.25) is 0 Å². The molecule has 1 aromatic carbocycles. The number of halogens is 1. The average Bonchev–Trinajstić information content (AvgIpc) is 2.56. The summed E-state index contributed by atoms with van der Waals surface area (Å²) in [5, 5.41) is 0.915. The maximum absolute atomic E-state index is 11.3. The van der Waals surface area contributed by atoms with Crippen LogP contribution in [0.1, 0.15) is 9.67 Å². The molecule has 0 saturated carbocycles. The molecule has 0 amide bonds. The normalized spacial score (nSPS) is 9.67. The van der Waals surface area contributed by atoms with Crippen LogP contribution in [0.15, 0.2) is 24.3 Å². The number of benzene rings is 1. The number of esters is 1. The van der Waals surface area contributed by atoms with Gasteiger partial charge in [-0.1, -0.05) is 18.2 Å². The summed E-state index contributed by atoms with van der Waals surface area (Å²) >= 11 is 1.36. The summed E-state index contributed by atoms with van der Waals surface area (Å²) in [6.45, 7) is 0. The summed E-state index contributed by atoms with van der Waals surface area (Å²) in [4.78, 5) is 11.8. The van der Waals surface area contributed by atoms with Crippen LogP contribution in [0.25, 0.3) is 10.1 Å². The molecule has 0 aliphatic heterocycles. The third-order valence-corrected chi connectivity index (χ3v) is 3.17. The molecular weight excluding hydrogens is 234 g/mol. The van der Waals surface area contributed by atoms with Gasteiger partial charge in [0.15, 0.2) is 0 Å². The Kier molecular flexibility index (Phi) is 3.55. The molecule has 0 atom stereocenters. The first kappa shape index (κ1) is 11.8. The molecule has 15 heavy (non-hydrogen) atoms. The van der Waals surface area contributed by atoms with Crippen molar-refractivity contribution in [1.82, 2.24) is 0 Å². The lowest BCUT2D eigenvalue weighted by Gasteiger charge is -1.95. The van der Waals surface area contributed by atoms with Crippen molar-refractivity contribution in [2.75, 3.05) is 12.8 Å². The third-order valence-electron chi connectivity index (χ3n) is 2.00. The van der Waals surface area contributed by atoms with Gasteiger partial charge in [-0.2, -0.15) is 0 Å². The fourth-order valence-corrected chi connectivity index (χ4v) is 2.35. The molecule has 0 aliphatic carbocycles. The SMILES string of the molecule is COC(=O)c1sc2ccccc2c1N.Cl. The molecule has 2 rings (SSSR count). The molecule has 0 radical (unpaired) electrons. The Morgan fingerprint density at radius 3 is 2.67 bits per heavy atom. The van der Waals surface area contributed by atoms with E-state index >= 15 is 0 Å². The summed E-state index contributed by atoms with van der Waals surface area (Å²) in [7, 11) is 1.35. The minimum absolute atomic E-state index is 0. The summed E-state index contributed by atoms with van der Waals surface area (Å²) in [6, 6.07) is 7.64. The molecular formula is C10H10ClNO2S. The number of rotatable bonds is 1. The van der Waals surface area contributed by atoms with Crippen molar-refractivity contribution >= 4 is 45.5 Å². The highest BCUT2D eigenvalue weighted by molar-refractivity contribution is 7.21. The second kappa shape index (κ2) is 4.51. The average molecular weight is 244 g/mol. The molecule has 0 bridgehead atoms. The number of nitrogens with two attached hydrogens (primary N) is 1. The number of hydrogen-bond donors (Lipinski definition) is 1. The summed E-state index contributed by atoms with van der Waals surface area (Å²) in [6.07, 6.45) is 0. The van der Waals surface area contributed by atoms with E-state index in [2.05, 4.69) is 4.74 Å². The van der Waals surface area contributed by atoms with Gasteiger partial charge in [0.2, 0.25) is 0 Å².